The van der Waals surface area contributed by atoms with Crippen LogP contribution in [0.1, 0.15) is 20.8 Å². The molecule has 0 unspecified atom stereocenters. The van der Waals surface area contributed by atoms with E-state index < -0.39 is 13.5 Å². The Bertz CT molecular complexity index is 393. The van der Waals surface area contributed by atoms with Crippen LogP contribution < -0.4 is 56.3 Å². The van der Waals surface area contributed by atoms with Gasteiger partial charge >= 0.3 is 57.4 Å². The van der Waals surface area contributed by atoms with Gasteiger partial charge in [-0.05, 0) is 20.8 Å². The molecule has 0 atom stereocenters. The van der Waals surface area contributed by atoms with Crippen molar-refractivity contribution in [3.63, 3.8) is 0 Å². The quantitative estimate of drug-likeness (QED) is 0.326. The second-order valence-electron chi connectivity index (χ2n) is 3.19. The summed E-state index contributed by atoms with van der Waals surface area (Å²) in [5.41, 5.74) is 0.0910. The van der Waals surface area contributed by atoms with E-state index in [2.05, 4.69) is 0 Å². The number of esters is 1. The molecule has 0 amide bonds. The van der Waals surface area contributed by atoms with Gasteiger partial charge < -0.3 is 23.4 Å². The Kier molecular flexibility index (Phi) is 8.56. The molecule has 0 spiro atoms. The molecule has 0 aromatic heterocycles. The van der Waals surface area contributed by atoms with E-state index in [9.17, 15) is 9.69 Å². The first kappa shape index (κ1) is 18.8. The van der Waals surface area contributed by atoms with Crippen LogP contribution in [0.3, 0.4) is 0 Å². The van der Waals surface area contributed by atoms with Gasteiger partial charge in [0.05, 0.1) is 20.2 Å². The molecule has 0 aromatic rings. The van der Waals surface area contributed by atoms with Gasteiger partial charge in [0.2, 0.25) is 5.48 Å². The second kappa shape index (κ2) is 8.19. The molecule has 1 rings (SSSR count). The van der Waals surface area contributed by atoms with Crippen molar-refractivity contribution >= 4 is 19.0 Å². The zero-order valence-electron chi connectivity index (χ0n) is 11.3. The van der Waals surface area contributed by atoms with Crippen LogP contribution in [0.2, 0.25) is 0 Å². The molecule has 0 saturated heterocycles. The standard InChI is InChI=1S/C10H17O6P.K/c1-5-14-17(12,15-6-2)10-8(13-4)7(3)9(11)16-10;/h5-6H2,1-4H3,(H,11,12);/q;+1/p-1. The molecule has 6 nitrogen and oxygen atoms in total. The van der Waals surface area contributed by atoms with Crippen LogP contribution in [-0.4, -0.2) is 31.8 Å². The van der Waals surface area contributed by atoms with Crippen LogP contribution in [0.15, 0.2) is 11.3 Å². The van der Waals surface area contributed by atoms with Crippen LogP contribution in [0, 0.1) is 0 Å². The van der Waals surface area contributed by atoms with Crippen molar-refractivity contribution in [3.05, 3.63) is 11.3 Å². The molecule has 1 aliphatic rings. The summed E-state index contributed by atoms with van der Waals surface area (Å²) in [4.78, 5) is 23.8. The number of cyclic esters (lactones) is 1. The van der Waals surface area contributed by atoms with Crippen LogP contribution in [0.25, 0.3) is 0 Å². The average Bonchev–Trinajstić information content (AvgIpc) is 2.56. The molecular weight excluding hydrogens is 286 g/mol. The van der Waals surface area contributed by atoms with E-state index in [4.69, 9.17) is 18.5 Å². The second-order valence-corrected chi connectivity index (χ2v) is 5.10. The summed E-state index contributed by atoms with van der Waals surface area (Å²) < 4.78 is 20.1. The Morgan fingerprint density at radius 2 is 1.78 bits per heavy atom. The van der Waals surface area contributed by atoms with Crippen molar-refractivity contribution in [1.29, 1.82) is 0 Å². The number of hydrogen-bond acceptors (Lipinski definition) is 6. The van der Waals surface area contributed by atoms with E-state index in [0.29, 0.717) is 0 Å². The third-order valence-electron chi connectivity index (χ3n) is 2.08. The summed E-state index contributed by atoms with van der Waals surface area (Å²) in [6.07, 6.45) is 0. The Balaban J connectivity index is 0.00000289. The topological polar surface area (TPSA) is 77.0 Å². The molecule has 18 heavy (non-hydrogen) atoms. The number of ether oxygens (including phenoxy) is 2. The molecule has 0 aromatic carbocycles. The zero-order valence-corrected chi connectivity index (χ0v) is 15.3. The fourth-order valence-corrected chi connectivity index (χ4v) is 3.07. The maximum atomic E-state index is 12.4. The fourth-order valence-electron chi connectivity index (χ4n) is 1.38. The van der Waals surface area contributed by atoms with Crippen molar-refractivity contribution in [2.24, 2.45) is 0 Å². The Morgan fingerprint density at radius 3 is 2.17 bits per heavy atom. The molecule has 8 heteroatoms. The minimum Gasteiger partial charge on any atom is -0.786 e. The molecule has 98 valence electrons. The predicted molar refractivity (Wildman–Crippen MR) is 61.0 cm³/mol. The minimum absolute atomic E-state index is 0. The zero-order chi connectivity index (χ0) is 13.1. The minimum atomic E-state index is -3.62. The van der Waals surface area contributed by atoms with Gasteiger partial charge in [0.25, 0.3) is 0 Å². The van der Waals surface area contributed by atoms with Gasteiger partial charge in [-0.3, -0.25) is 0 Å². The van der Waals surface area contributed by atoms with E-state index in [-0.39, 0.29) is 81.4 Å². The molecule has 1 heterocycles. The number of rotatable bonds is 5. The number of carbonyl (C=O) groups excluding carboxylic acids is 1. The SMILES string of the molecule is CCOP([O-])(OCC)=C1OC(=O)C(C)=C1OC.[K+]. The van der Waals surface area contributed by atoms with Crippen LogP contribution in [0.4, 0.5) is 0 Å². The Labute approximate surface area is 149 Å². The molecule has 0 radical (unpaired) electrons. The number of hydrogen-bond donors (Lipinski definition) is 0. The molecule has 0 N–H and O–H groups in total. The number of carbonyl (C=O) groups is 1. The molecular formula is C10H16KO6P. The van der Waals surface area contributed by atoms with Crippen molar-refractivity contribution in [2.75, 3.05) is 20.3 Å². The van der Waals surface area contributed by atoms with Gasteiger partial charge in [-0.1, -0.05) is 0 Å². The van der Waals surface area contributed by atoms with Crippen molar-refractivity contribution in [2.45, 2.75) is 20.8 Å². The van der Waals surface area contributed by atoms with Gasteiger partial charge in [0.15, 0.2) is 5.76 Å². The monoisotopic (exact) mass is 302 g/mol. The fraction of sp³-hybridized carbons (Fsp3) is 0.600. The summed E-state index contributed by atoms with van der Waals surface area (Å²) in [5, 5.41) is 0. The third-order valence-corrected chi connectivity index (χ3v) is 4.07. The smallest absolute Gasteiger partial charge is 0.786 e. The maximum absolute atomic E-state index is 12.4. The molecule has 0 fully saturated rings. The third kappa shape index (κ3) is 3.91. The molecule has 0 saturated carbocycles. The van der Waals surface area contributed by atoms with Crippen LogP contribution >= 0.6 is 7.57 Å². The molecule has 1 aliphatic heterocycles. The Morgan fingerprint density at radius 1 is 1.28 bits per heavy atom. The summed E-state index contributed by atoms with van der Waals surface area (Å²) >= 11 is 0. The van der Waals surface area contributed by atoms with E-state index in [1.165, 1.54) is 14.0 Å². The van der Waals surface area contributed by atoms with Gasteiger partial charge in [-0.25, -0.2) is 4.79 Å². The molecule has 0 aliphatic carbocycles. The van der Waals surface area contributed by atoms with Gasteiger partial charge in [0.1, 0.15) is 0 Å². The van der Waals surface area contributed by atoms with Crippen LogP contribution in [0.5, 0.6) is 0 Å². The summed E-state index contributed by atoms with van der Waals surface area (Å²) in [5.74, 6) is -0.475. The number of methoxy groups -OCH3 is 1. The summed E-state index contributed by atoms with van der Waals surface area (Å²) in [7, 11) is -2.26. The average molecular weight is 302 g/mol. The van der Waals surface area contributed by atoms with Crippen molar-refractivity contribution in [1.82, 2.24) is 0 Å². The van der Waals surface area contributed by atoms with Gasteiger partial charge in [-0.2, -0.15) is 0 Å². The Hall–Kier alpha value is 0.826. The van der Waals surface area contributed by atoms with Crippen molar-refractivity contribution < 1.29 is 79.6 Å². The molecule has 0 bridgehead atoms. The normalized spacial score (nSPS) is 15.6. The summed E-state index contributed by atoms with van der Waals surface area (Å²) in [6, 6.07) is 0. The first-order valence-electron chi connectivity index (χ1n) is 5.24. The van der Waals surface area contributed by atoms with E-state index in [1.807, 2.05) is 0 Å². The predicted octanol–water partition coefficient (Wildman–Crippen LogP) is -2.21. The van der Waals surface area contributed by atoms with Gasteiger partial charge in [0, 0.05) is 13.2 Å². The summed E-state index contributed by atoms with van der Waals surface area (Å²) in [6.45, 7) is 5.22. The first-order chi connectivity index (χ1) is 8.00. The van der Waals surface area contributed by atoms with E-state index >= 15 is 0 Å². The van der Waals surface area contributed by atoms with Crippen LogP contribution in [-0.2, 0) is 23.3 Å². The maximum Gasteiger partial charge on any atom is 1.00 e. The van der Waals surface area contributed by atoms with Gasteiger partial charge in [-0.15, -0.1) is 0 Å². The largest absolute Gasteiger partial charge is 1.00 e. The van der Waals surface area contributed by atoms with E-state index in [0.717, 1.165) is 0 Å². The first-order valence-corrected chi connectivity index (χ1v) is 6.78. The van der Waals surface area contributed by atoms with E-state index in [1.54, 1.807) is 13.8 Å². The van der Waals surface area contributed by atoms with Crippen molar-refractivity contribution in [3.8, 4) is 0 Å².